The molecule has 4 aromatic rings. The number of hydrogen-bond acceptors (Lipinski definition) is 5. The van der Waals surface area contributed by atoms with Crippen molar-refractivity contribution in [2.75, 3.05) is 18.4 Å². The van der Waals surface area contributed by atoms with Gasteiger partial charge in [-0.2, -0.15) is 5.10 Å². The Labute approximate surface area is 195 Å². The Morgan fingerprint density at radius 1 is 1.00 bits per heavy atom. The Morgan fingerprint density at radius 3 is 2.41 bits per heavy atom. The Bertz CT molecular complexity index is 1200. The highest BCUT2D eigenvalue weighted by molar-refractivity contribution is 7.14. The molecule has 1 saturated heterocycles. The normalized spacial score (nSPS) is 15.4. The number of halogens is 1. The van der Waals surface area contributed by atoms with Crippen LogP contribution in [0.5, 0.6) is 0 Å². The van der Waals surface area contributed by atoms with Crippen LogP contribution >= 0.6 is 22.9 Å². The van der Waals surface area contributed by atoms with Gasteiger partial charge in [-0.25, -0.2) is 4.98 Å². The van der Waals surface area contributed by atoms with E-state index in [9.17, 15) is 4.79 Å². The van der Waals surface area contributed by atoms with Gasteiger partial charge in [0, 0.05) is 27.7 Å². The van der Waals surface area contributed by atoms with E-state index in [1.165, 1.54) is 11.3 Å². The Morgan fingerprint density at radius 2 is 1.72 bits per heavy atom. The third kappa shape index (κ3) is 4.07. The summed E-state index contributed by atoms with van der Waals surface area (Å²) in [6.07, 6.45) is 5.13. The van der Waals surface area contributed by atoms with Gasteiger partial charge in [0.25, 0.3) is 0 Å². The number of aromatic amines is 1. The van der Waals surface area contributed by atoms with Crippen LogP contribution in [0.2, 0.25) is 5.02 Å². The maximum atomic E-state index is 13.6. The fourth-order valence-corrected chi connectivity index (χ4v) is 5.03. The van der Waals surface area contributed by atoms with Crippen molar-refractivity contribution in [3.05, 3.63) is 76.9 Å². The number of aromatic nitrogens is 3. The number of rotatable bonds is 5. The van der Waals surface area contributed by atoms with E-state index in [1.807, 2.05) is 35.8 Å². The van der Waals surface area contributed by atoms with Gasteiger partial charge in [-0.1, -0.05) is 48.0 Å². The number of anilines is 1. The first-order chi connectivity index (χ1) is 15.6. The number of nitrogens with zero attached hydrogens (tertiary/aromatic N) is 2. The zero-order chi connectivity index (χ0) is 22.0. The Hall–Kier alpha value is -3.00. The van der Waals surface area contributed by atoms with Crippen LogP contribution in [-0.2, 0) is 10.2 Å². The third-order valence-electron chi connectivity index (χ3n) is 6.03. The summed E-state index contributed by atoms with van der Waals surface area (Å²) in [5.74, 6) is -0.00735. The van der Waals surface area contributed by atoms with Crippen LogP contribution in [0, 0.1) is 0 Å². The highest BCUT2D eigenvalue weighted by atomic mass is 35.5. The molecule has 162 valence electrons. The van der Waals surface area contributed by atoms with E-state index in [0.29, 0.717) is 10.2 Å². The highest BCUT2D eigenvalue weighted by Crippen LogP contribution is 2.37. The first-order valence-electron chi connectivity index (χ1n) is 10.5. The van der Waals surface area contributed by atoms with Gasteiger partial charge in [-0.15, -0.1) is 11.3 Å². The third-order valence-corrected chi connectivity index (χ3v) is 7.04. The van der Waals surface area contributed by atoms with Crippen molar-refractivity contribution in [3.8, 4) is 22.4 Å². The number of hydrogen-bond donors (Lipinski definition) is 3. The lowest BCUT2D eigenvalue weighted by atomic mass is 9.72. The predicted molar refractivity (Wildman–Crippen MR) is 129 cm³/mol. The lowest BCUT2D eigenvalue weighted by molar-refractivity contribution is -0.122. The molecule has 2 aromatic carbocycles. The molecule has 0 unspecified atom stereocenters. The van der Waals surface area contributed by atoms with E-state index < -0.39 is 5.41 Å². The molecule has 0 aliphatic carbocycles. The summed E-state index contributed by atoms with van der Waals surface area (Å²) in [4.78, 5) is 18.2. The minimum atomic E-state index is -0.591. The fraction of sp³-hybridized carbons (Fsp3) is 0.208. The number of carbonyl (C=O) groups excluding carboxylic acids is 1. The molecule has 6 nitrogen and oxygen atoms in total. The van der Waals surface area contributed by atoms with Crippen LogP contribution in [0.4, 0.5) is 5.13 Å². The number of carbonyl (C=O) groups is 1. The van der Waals surface area contributed by atoms with Crippen molar-refractivity contribution < 1.29 is 4.79 Å². The first-order valence-corrected chi connectivity index (χ1v) is 11.7. The minimum absolute atomic E-state index is 0.00735. The predicted octanol–water partition coefficient (Wildman–Crippen LogP) is 5.11. The van der Waals surface area contributed by atoms with Gasteiger partial charge in [-0.3, -0.25) is 9.89 Å². The van der Waals surface area contributed by atoms with Gasteiger partial charge in [0.05, 0.1) is 17.3 Å². The maximum absolute atomic E-state index is 13.6. The van der Waals surface area contributed by atoms with E-state index in [0.717, 1.165) is 53.9 Å². The molecule has 1 aliphatic heterocycles. The summed E-state index contributed by atoms with van der Waals surface area (Å²) < 4.78 is 0. The number of nitrogens with one attached hydrogen (secondary N) is 3. The van der Waals surface area contributed by atoms with Gasteiger partial charge >= 0.3 is 0 Å². The second-order valence-electron chi connectivity index (χ2n) is 7.90. The molecule has 0 radical (unpaired) electrons. The molecule has 5 rings (SSSR count). The van der Waals surface area contributed by atoms with Crippen LogP contribution in [0.3, 0.4) is 0 Å². The zero-order valence-corrected chi connectivity index (χ0v) is 18.8. The Kier molecular flexibility index (Phi) is 5.78. The molecule has 3 N–H and O–H groups in total. The summed E-state index contributed by atoms with van der Waals surface area (Å²) in [6, 6.07) is 15.8. The maximum Gasteiger partial charge on any atom is 0.236 e. The van der Waals surface area contributed by atoms with Crippen molar-refractivity contribution >= 4 is 34.0 Å². The molecule has 0 saturated carbocycles. The van der Waals surface area contributed by atoms with Crippen LogP contribution in [0.15, 0.2) is 66.3 Å². The van der Waals surface area contributed by atoms with Gasteiger partial charge in [-0.05, 0) is 49.2 Å². The SMILES string of the molecule is O=C(Nc1nc(-c2ccc(Cl)cc2)cs1)C1(c2ccc(-c3cn[nH]c3)cc2)CCNCC1. The van der Waals surface area contributed by atoms with Crippen molar-refractivity contribution in [3.63, 3.8) is 0 Å². The standard InChI is InChI=1S/C24H22ClN5OS/c25-20-7-3-17(4-8-20)21-15-32-23(29-21)30-22(31)24(9-11-26-12-10-24)19-5-1-16(2-6-19)18-13-27-28-14-18/h1-8,13-15,26H,9-12H2,(H,27,28)(H,29,30,31). The van der Waals surface area contributed by atoms with Crippen molar-refractivity contribution in [2.45, 2.75) is 18.3 Å². The smallest absolute Gasteiger partial charge is 0.236 e. The average Bonchev–Trinajstić information content (AvgIpc) is 3.53. The monoisotopic (exact) mass is 463 g/mol. The van der Waals surface area contributed by atoms with E-state index in [4.69, 9.17) is 11.6 Å². The van der Waals surface area contributed by atoms with E-state index in [1.54, 1.807) is 6.20 Å². The average molecular weight is 464 g/mol. The largest absolute Gasteiger partial charge is 0.317 e. The number of benzene rings is 2. The molecule has 1 fully saturated rings. The number of piperidine rings is 1. The van der Waals surface area contributed by atoms with E-state index in [-0.39, 0.29) is 5.91 Å². The fourth-order valence-electron chi connectivity index (χ4n) is 4.19. The number of amides is 1. The van der Waals surface area contributed by atoms with E-state index in [2.05, 4.69) is 50.1 Å². The number of thiazole rings is 1. The summed E-state index contributed by atoms with van der Waals surface area (Å²) in [6.45, 7) is 1.59. The van der Waals surface area contributed by atoms with Crippen LogP contribution < -0.4 is 10.6 Å². The number of H-pyrrole nitrogens is 1. The summed E-state index contributed by atoms with van der Waals surface area (Å²) in [5.41, 5.74) is 4.32. The summed E-state index contributed by atoms with van der Waals surface area (Å²) in [5, 5.41) is 16.6. The molecule has 8 heteroatoms. The van der Waals surface area contributed by atoms with Gasteiger partial charge in [0.2, 0.25) is 5.91 Å². The first kappa shape index (κ1) is 20.9. The topological polar surface area (TPSA) is 82.7 Å². The van der Waals surface area contributed by atoms with Crippen molar-refractivity contribution in [1.82, 2.24) is 20.5 Å². The van der Waals surface area contributed by atoms with Crippen molar-refractivity contribution in [1.29, 1.82) is 0 Å². The molecule has 0 bridgehead atoms. The molecule has 32 heavy (non-hydrogen) atoms. The second-order valence-corrected chi connectivity index (χ2v) is 9.19. The van der Waals surface area contributed by atoms with Gasteiger partial charge in [0.1, 0.15) is 0 Å². The molecule has 0 atom stereocenters. The molecule has 1 amide bonds. The molecule has 0 spiro atoms. The summed E-state index contributed by atoms with van der Waals surface area (Å²) >= 11 is 7.42. The minimum Gasteiger partial charge on any atom is -0.317 e. The molecule has 1 aliphatic rings. The van der Waals surface area contributed by atoms with Crippen LogP contribution in [-0.4, -0.2) is 34.2 Å². The lowest BCUT2D eigenvalue weighted by Gasteiger charge is -2.36. The molecule has 2 aromatic heterocycles. The van der Waals surface area contributed by atoms with Crippen LogP contribution in [0.25, 0.3) is 22.4 Å². The van der Waals surface area contributed by atoms with Gasteiger partial charge < -0.3 is 10.6 Å². The summed E-state index contributed by atoms with van der Waals surface area (Å²) in [7, 11) is 0. The quantitative estimate of drug-likeness (QED) is 0.384. The van der Waals surface area contributed by atoms with E-state index >= 15 is 0 Å². The zero-order valence-electron chi connectivity index (χ0n) is 17.3. The lowest BCUT2D eigenvalue weighted by Crippen LogP contribution is -2.48. The highest BCUT2D eigenvalue weighted by Gasteiger charge is 2.41. The molecule has 3 heterocycles. The van der Waals surface area contributed by atoms with Gasteiger partial charge in [0.15, 0.2) is 5.13 Å². The molecular formula is C24H22ClN5OS. The second kappa shape index (κ2) is 8.86. The van der Waals surface area contributed by atoms with Crippen LogP contribution in [0.1, 0.15) is 18.4 Å². The van der Waals surface area contributed by atoms with Crippen molar-refractivity contribution in [2.24, 2.45) is 0 Å². The molecular weight excluding hydrogens is 442 g/mol. The Balaban J connectivity index is 1.40.